The zero-order valence-electron chi connectivity index (χ0n) is 27.3. The number of nitriles is 1. The molecule has 1 heterocycles. The number of benzene rings is 7. The molecule has 0 radical (unpaired) electrons. The summed E-state index contributed by atoms with van der Waals surface area (Å²) in [5, 5.41) is 9.53. The minimum atomic E-state index is -0.0591. The van der Waals surface area contributed by atoms with E-state index in [0.29, 0.717) is 5.56 Å². The summed E-state index contributed by atoms with van der Waals surface area (Å²) >= 11 is 0. The highest BCUT2D eigenvalue weighted by Gasteiger charge is 2.44. The number of hydrogen-bond donors (Lipinski definition) is 0. The predicted octanol–water partition coefficient (Wildman–Crippen LogP) is 11.4. The average molecular weight is 641 g/mol. The maximum atomic E-state index is 9.53. The van der Waals surface area contributed by atoms with Crippen LogP contribution in [0.4, 0.5) is 22.7 Å². The smallest absolute Gasteiger partial charge is 0.136 e. The molecule has 0 spiro atoms. The van der Waals surface area contributed by atoms with Gasteiger partial charge in [-0.2, -0.15) is 5.26 Å². The summed E-state index contributed by atoms with van der Waals surface area (Å²) in [6, 6.07) is 65.9. The maximum Gasteiger partial charge on any atom is 0.136 e. The van der Waals surface area contributed by atoms with E-state index in [1.54, 1.807) is 0 Å². The van der Waals surface area contributed by atoms with Gasteiger partial charge in [0.15, 0.2) is 0 Å². The summed E-state index contributed by atoms with van der Waals surface area (Å²) in [7, 11) is 0. The Bertz CT molecular complexity index is 2330. The standard InChI is InChI=1S/C46H32N4/c47-31-32-19-27-39(28-20-32)50-45-43-18-10-8-16-41(43)40-15-7-9-17-42(40)44(45)48-46(50)35-23-21-33(22-24-35)34-25-29-38(30-26-34)49(36-11-3-1-4-12-36)37-13-5-2-6-14-37/h1-30,44-45H. The maximum absolute atomic E-state index is 9.53. The topological polar surface area (TPSA) is 42.6 Å². The fraction of sp³-hybridized carbons (Fsp3) is 0.0435. The first-order chi connectivity index (χ1) is 24.8. The molecule has 0 N–H and O–H groups in total. The number of para-hydroxylation sites is 2. The van der Waals surface area contributed by atoms with Crippen molar-refractivity contribution in [1.82, 2.24) is 0 Å². The molecule has 0 saturated carbocycles. The minimum Gasteiger partial charge on any atom is -0.316 e. The lowest BCUT2D eigenvalue weighted by Gasteiger charge is -2.36. The lowest BCUT2D eigenvalue weighted by molar-refractivity contribution is 0.604. The highest BCUT2D eigenvalue weighted by atomic mass is 15.3. The van der Waals surface area contributed by atoms with Crippen LogP contribution < -0.4 is 9.80 Å². The minimum absolute atomic E-state index is 0.00608. The highest BCUT2D eigenvalue weighted by Crippen LogP contribution is 2.53. The largest absolute Gasteiger partial charge is 0.316 e. The van der Waals surface area contributed by atoms with Crippen molar-refractivity contribution >= 4 is 28.6 Å². The van der Waals surface area contributed by atoms with Crippen LogP contribution >= 0.6 is 0 Å². The van der Waals surface area contributed by atoms with Crippen LogP contribution in [-0.2, 0) is 0 Å². The second kappa shape index (κ2) is 12.4. The second-order valence-electron chi connectivity index (χ2n) is 12.7. The molecule has 9 rings (SSSR count). The first-order valence-corrected chi connectivity index (χ1v) is 16.9. The van der Waals surface area contributed by atoms with Crippen molar-refractivity contribution in [3.8, 4) is 28.3 Å². The van der Waals surface area contributed by atoms with Gasteiger partial charge in [0.05, 0.1) is 17.7 Å². The van der Waals surface area contributed by atoms with E-state index in [2.05, 4.69) is 161 Å². The summed E-state index contributed by atoms with van der Waals surface area (Å²) in [5.41, 5.74) is 13.3. The third kappa shape index (κ3) is 5.05. The number of amidine groups is 1. The molecule has 7 aromatic carbocycles. The Kier molecular flexibility index (Phi) is 7.30. The second-order valence-corrected chi connectivity index (χ2v) is 12.7. The van der Waals surface area contributed by atoms with Gasteiger partial charge in [-0.1, -0.05) is 121 Å². The summed E-state index contributed by atoms with van der Waals surface area (Å²) < 4.78 is 0. The van der Waals surface area contributed by atoms with Crippen molar-refractivity contribution in [2.45, 2.75) is 12.1 Å². The first-order valence-electron chi connectivity index (χ1n) is 16.9. The highest BCUT2D eigenvalue weighted by molar-refractivity contribution is 6.13. The molecule has 2 aliphatic rings. The van der Waals surface area contributed by atoms with Gasteiger partial charge in [0, 0.05) is 28.3 Å². The van der Waals surface area contributed by atoms with Crippen LogP contribution in [0.3, 0.4) is 0 Å². The molecule has 4 heteroatoms. The molecule has 0 bridgehead atoms. The molecular weight excluding hydrogens is 609 g/mol. The van der Waals surface area contributed by atoms with E-state index < -0.39 is 0 Å². The molecule has 1 aliphatic carbocycles. The van der Waals surface area contributed by atoms with Crippen LogP contribution in [0.1, 0.15) is 34.3 Å². The normalized spacial score (nSPS) is 15.7. The van der Waals surface area contributed by atoms with Crippen LogP contribution in [0.25, 0.3) is 22.3 Å². The van der Waals surface area contributed by atoms with Gasteiger partial charge in [-0.05, 0) is 94.0 Å². The van der Waals surface area contributed by atoms with Crippen LogP contribution in [0.15, 0.2) is 187 Å². The zero-order valence-corrected chi connectivity index (χ0v) is 27.3. The number of anilines is 4. The van der Waals surface area contributed by atoms with Crippen LogP contribution in [-0.4, -0.2) is 5.84 Å². The van der Waals surface area contributed by atoms with Crippen molar-refractivity contribution in [2.75, 3.05) is 9.80 Å². The van der Waals surface area contributed by atoms with Gasteiger partial charge in [0.25, 0.3) is 0 Å². The van der Waals surface area contributed by atoms with E-state index in [4.69, 9.17) is 4.99 Å². The van der Waals surface area contributed by atoms with Crippen LogP contribution in [0.2, 0.25) is 0 Å². The fourth-order valence-electron chi connectivity index (χ4n) is 7.50. The quantitative estimate of drug-likeness (QED) is 0.182. The van der Waals surface area contributed by atoms with E-state index in [-0.39, 0.29) is 12.1 Å². The van der Waals surface area contributed by atoms with Gasteiger partial charge in [0.2, 0.25) is 0 Å². The monoisotopic (exact) mass is 640 g/mol. The predicted molar refractivity (Wildman–Crippen MR) is 204 cm³/mol. The van der Waals surface area contributed by atoms with E-state index in [1.807, 2.05) is 36.4 Å². The molecule has 2 atom stereocenters. The molecule has 50 heavy (non-hydrogen) atoms. The van der Waals surface area contributed by atoms with Crippen LogP contribution in [0.5, 0.6) is 0 Å². The number of fused-ring (bicyclic) bond motifs is 6. The van der Waals surface area contributed by atoms with Crippen molar-refractivity contribution in [2.24, 2.45) is 4.99 Å². The summed E-state index contributed by atoms with van der Waals surface area (Å²) in [4.78, 5) is 10.1. The Morgan fingerprint density at radius 3 is 1.56 bits per heavy atom. The lowest BCUT2D eigenvalue weighted by Crippen LogP contribution is -2.33. The summed E-state index contributed by atoms with van der Waals surface area (Å²) in [6.45, 7) is 0. The molecule has 1 aliphatic heterocycles. The molecule has 0 saturated heterocycles. The zero-order chi connectivity index (χ0) is 33.4. The average Bonchev–Trinajstić information content (AvgIpc) is 3.61. The molecule has 7 aromatic rings. The Labute approximate surface area is 292 Å². The van der Waals surface area contributed by atoms with Gasteiger partial charge in [0.1, 0.15) is 11.9 Å². The van der Waals surface area contributed by atoms with E-state index >= 15 is 0 Å². The van der Waals surface area contributed by atoms with Crippen molar-refractivity contribution in [3.63, 3.8) is 0 Å². The van der Waals surface area contributed by atoms with E-state index in [0.717, 1.165) is 45.3 Å². The molecule has 0 amide bonds. The first kappa shape index (κ1) is 29.4. The van der Waals surface area contributed by atoms with Crippen molar-refractivity contribution in [3.05, 3.63) is 204 Å². The van der Waals surface area contributed by atoms with Gasteiger partial charge >= 0.3 is 0 Å². The van der Waals surface area contributed by atoms with Gasteiger partial charge < -0.3 is 9.80 Å². The Hall–Kier alpha value is -6.70. The van der Waals surface area contributed by atoms with E-state index in [1.165, 1.54) is 22.3 Å². The SMILES string of the molecule is N#Cc1ccc(N2C(c3ccc(-c4ccc(N(c5ccccc5)c5ccccc5)cc4)cc3)=NC3c4ccccc4-c4ccccc4C32)cc1. The third-order valence-corrected chi connectivity index (χ3v) is 9.82. The van der Waals surface area contributed by atoms with Crippen LogP contribution in [0, 0.1) is 11.3 Å². The number of hydrogen-bond acceptors (Lipinski definition) is 4. The molecule has 0 fully saturated rings. The van der Waals surface area contributed by atoms with Crippen molar-refractivity contribution < 1.29 is 0 Å². The Morgan fingerprint density at radius 2 is 0.960 bits per heavy atom. The number of rotatable bonds is 6. The van der Waals surface area contributed by atoms with Gasteiger partial charge in [-0.25, -0.2) is 0 Å². The lowest BCUT2D eigenvalue weighted by atomic mass is 9.79. The molecule has 236 valence electrons. The number of aliphatic imine (C=N–C) groups is 1. The molecular formula is C46H32N4. The molecule has 2 unspecified atom stereocenters. The summed E-state index contributed by atoms with van der Waals surface area (Å²) in [5.74, 6) is 0.930. The number of nitrogens with zero attached hydrogens (tertiary/aromatic N) is 4. The molecule has 0 aromatic heterocycles. The fourth-order valence-corrected chi connectivity index (χ4v) is 7.50. The van der Waals surface area contributed by atoms with Crippen molar-refractivity contribution in [1.29, 1.82) is 5.26 Å². The molecule has 4 nitrogen and oxygen atoms in total. The van der Waals surface area contributed by atoms with E-state index in [9.17, 15) is 5.26 Å². The Balaban J connectivity index is 1.08. The third-order valence-electron chi connectivity index (χ3n) is 9.82. The van der Waals surface area contributed by atoms with Gasteiger partial charge in [-0.15, -0.1) is 0 Å². The summed E-state index contributed by atoms with van der Waals surface area (Å²) in [6.07, 6.45) is 0. The van der Waals surface area contributed by atoms with Gasteiger partial charge in [-0.3, -0.25) is 4.99 Å². The Morgan fingerprint density at radius 1 is 0.480 bits per heavy atom.